The first kappa shape index (κ1) is 9.20. The largest absolute Gasteiger partial charge is 0.392 e. The standard InChI is InChI=1S/C10H15NO/c1-8(2)5-10-4-3-9(7-12)6-11-10/h3-4,6,8,12H,5,7H2,1-2H3. The van der Waals surface area contributed by atoms with Gasteiger partial charge < -0.3 is 5.11 Å². The molecule has 0 radical (unpaired) electrons. The highest BCUT2D eigenvalue weighted by Gasteiger charge is 1.98. The molecule has 0 spiro atoms. The predicted octanol–water partition coefficient (Wildman–Crippen LogP) is 1.77. The van der Waals surface area contributed by atoms with Crippen molar-refractivity contribution in [1.29, 1.82) is 0 Å². The van der Waals surface area contributed by atoms with Gasteiger partial charge in [0.25, 0.3) is 0 Å². The van der Waals surface area contributed by atoms with Gasteiger partial charge in [-0.2, -0.15) is 0 Å². The van der Waals surface area contributed by atoms with Crippen molar-refractivity contribution < 1.29 is 5.11 Å². The Balaban J connectivity index is 2.65. The molecular weight excluding hydrogens is 150 g/mol. The van der Waals surface area contributed by atoms with Crippen molar-refractivity contribution in [2.24, 2.45) is 5.92 Å². The lowest BCUT2D eigenvalue weighted by atomic mass is 10.1. The van der Waals surface area contributed by atoms with Crippen molar-refractivity contribution in [1.82, 2.24) is 4.98 Å². The second-order valence-corrected chi connectivity index (χ2v) is 3.41. The quantitative estimate of drug-likeness (QED) is 0.740. The van der Waals surface area contributed by atoms with E-state index >= 15 is 0 Å². The molecule has 1 N–H and O–H groups in total. The van der Waals surface area contributed by atoms with Crippen molar-refractivity contribution >= 4 is 0 Å². The van der Waals surface area contributed by atoms with E-state index in [4.69, 9.17) is 5.11 Å². The molecule has 0 amide bonds. The van der Waals surface area contributed by atoms with Gasteiger partial charge in [-0.3, -0.25) is 4.98 Å². The van der Waals surface area contributed by atoms with Crippen molar-refractivity contribution in [2.45, 2.75) is 26.9 Å². The zero-order valence-corrected chi connectivity index (χ0v) is 7.62. The molecule has 1 aromatic rings. The molecule has 0 atom stereocenters. The van der Waals surface area contributed by atoms with Crippen LogP contribution in [-0.4, -0.2) is 10.1 Å². The average Bonchev–Trinajstić information content (AvgIpc) is 2.05. The number of rotatable bonds is 3. The summed E-state index contributed by atoms with van der Waals surface area (Å²) in [5, 5.41) is 8.77. The van der Waals surface area contributed by atoms with E-state index in [0.29, 0.717) is 5.92 Å². The van der Waals surface area contributed by atoms with Gasteiger partial charge in [0.1, 0.15) is 0 Å². The molecule has 0 aromatic carbocycles. The first-order valence-corrected chi connectivity index (χ1v) is 4.27. The maximum absolute atomic E-state index is 8.77. The highest BCUT2D eigenvalue weighted by atomic mass is 16.3. The van der Waals surface area contributed by atoms with Gasteiger partial charge in [0.05, 0.1) is 6.61 Å². The van der Waals surface area contributed by atoms with Crippen LogP contribution in [0, 0.1) is 5.92 Å². The SMILES string of the molecule is CC(C)Cc1ccc(CO)cn1. The van der Waals surface area contributed by atoms with Crippen LogP contribution in [0.25, 0.3) is 0 Å². The van der Waals surface area contributed by atoms with E-state index in [9.17, 15) is 0 Å². The second-order valence-electron chi connectivity index (χ2n) is 3.41. The van der Waals surface area contributed by atoms with Crippen LogP contribution in [-0.2, 0) is 13.0 Å². The van der Waals surface area contributed by atoms with E-state index in [0.717, 1.165) is 17.7 Å². The number of hydrogen-bond acceptors (Lipinski definition) is 2. The fraction of sp³-hybridized carbons (Fsp3) is 0.500. The molecule has 0 aliphatic carbocycles. The van der Waals surface area contributed by atoms with Crippen LogP contribution in [0.3, 0.4) is 0 Å². The Bertz CT molecular complexity index is 228. The molecule has 12 heavy (non-hydrogen) atoms. The first-order chi connectivity index (χ1) is 5.72. The number of hydrogen-bond donors (Lipinski definition) is 1. The summed E-state index contributed by atoms with van der Waals surface area (Å²) in [6.07, 6.45) is 2.74. The Morgan fingerprint density at radius 3 is 2.58 bits per heavy atom. The number of nitrogens with zero attached hydrogens (tertiary/aromatic N) is 1. The minimum absolute atomic E-state index is 0.0783. The minimum atomic E-state index is 0.0783. The third kappa shape index (κ3) is 2.62. The van der Waals surface area contributed by atoms with Gasteiger partial charge in [-0.1, -0.05) is 19.9 Å². The Labute approximate surface area is 73.3 Å². The van der Waals surface area contributed by atoms with Crippen LogP contribution >= 0.6 is 0 Å². The molecule has 1 heterocycles. The van der Waals surface area contributed by atoms with Crippen LogP contribution < -0.4 is 0 Å². The lowest BCUT2D eigenvalue weighted by molar-refractivity contribution is 0.281. The van der Waals surface area contributed by atoms with Crippen molar-refractivity contribution in [3.05, 3.63) is 29.6 Å². The summed E-state index contributed by atoms with van der Waals surface area (Å²) in [5.74, 6) is 0.637. The Morgan fingerprint density at radius 1 is 1.42 bits per heavy atom. The molecule has 1 aromatic heterocycles. The molecule has 0 fully saturated rings. The Hall–Kier alpha value is -0.890. The van der Waals surface area contributed by atoms with E-state index in [1.165, 1.54) is 0 Å². The van der Waals surface area contributed by atoms with Gasteiger partial charge in [-0.25, -0.2) is 0 Å². The van der Waals surface area contributed by atoms with E-state index in [1.54, 1.807) is 6.20 Å². The number of aromatic nitrogens is 1. The first-order valence-electron chi connectivity index (χ1n) is 4.27. The van der Waals surface area contributed by atoms with Crippen molar-refractivity contribution in [3.8, 4) is 0 Å². The second kappa shape index (κ2) is 4.21. The third-order valence-electron chi connectivity index (χ3n) is 1.69. The van der Waals surface area contributed by atoms with Crippen LogP contribution in [0.1, 0.15) is 25.1 Å². The third-order valence-corrected chi connectivity index (χ3v) is 1.69. The predicted molar refractivity (Wildman–Crippen MR) is 48.7 cm³/mol. The zero-order chi connectivity index (χ0) is 8.97. The maximum atomic E-state index is 8.77. The van der Waals surface area contributed by atoms with Gasteiger partial charge in [-0.15, -0.1) is 0 Å². The van der Waals surface area contributed by atoms with Gasteiger partial charge in [0.2, 0.25) is 0 Å². The smallest absolute Gasteiger partial charge is 0.0696 e. The van der Waals surface area contributed by atoms with Gasteiger partial charge in [0, 0.05) is 11.9 Å². The topological polar surface area (TPSA) is 33.1 Å². The number of aliphatic hydroxyl groups excluding tert-OH is 1. The van der Waals surface area contributed by atoms with Crippen molar-refractivity contribution in [2.75, 3.05) is 0 Å². The Kier molecular flexibility index (Phi) is 3.23. The lowest BCUT2D eigenvalue weighted by Gasteiger charge is -2.03. The molecule has 1 rings (SSSR count). The van der Waals surface area contributed by atoms with Crippen LogP contribution in [0.5, 0.6) is 0 Å². The lowest BCUT2D eigenvalue weighted by Crippen LogP contribution is -1.97. The summed E-state index contributed by atoms with van der Waals surface area (Å²) in [6.45, 7) is 4.41. The molecule has 2 nitrogen and oxygen atoms in total. The highest BCUT2D eigenvalue weighted by molar-refractivity contribution is 5.13. The van der Waals surface area contributed by atoms with Crippen LogP contribution in [0.2, 0.25) is 0 Å². The minimum Gasteiger partial charge on any atom is -0.392 e. The number of pyridine rings is 1. The molecule has 0 bridgehead atoms. The summed E-state index contributed by atoms with van der Waals surface area (Å²) in [6, 6.07) is 3.90. The van der Waals surface area contributed by atoms with Crippen molar-refractivity contribution in [3.63, 3.8) is 0 Å². The maximum Gasteiger partial charge on any atom is 0.0696 e. The Morgan fingerprint density at radius 2 is 2.17 bits per heavy atom. The molecule has 0 saturated carbocycles. The molecule has 66 valence electrons. The summed E-state index contributed by atoms with van der Waals surface area (Å²) in [4.78, 5) is 4.23. The highest BCUT2D eigenvalue weighted by Crippen LogP contribution is 2.05. The van der Waals surface area contributed by atoms with Gasteiger partial charge in [0.15, 0.2) is 0 Å². The van der Waals surface area contributed by atoms with Gasteiger partial charge in [-0.05, 0) is 24.0 Å². The molecule has 0 aliphatic heterocycles. The summed E-state index contributed by atoms with van der Waals surface area (Å²) < 4.78 is 0. The molecule has 2 heteroatoms. The van der Waals surface area contributed by atoms with E-state index in [2.05, 4.69) is 18.8 Å². The molecule has 0 aliphatic rings. The molecule has 0 unspecified atom stereocenters. The zero-order valence-electron chi connectivity index (χ0n) is 7.62. The fourth-order valence-corrected chi connectivity index (χ4v) is 1.09. The van der Waals surface area contributed by atoms with Crippen LogP contribution in [0.4, 0.5) is 0 Å². The summed E-state index contributed by atoms with van der Waals surface area (Å²) in [5.41, 5.74) is 1.98. The summed E-state index contributed by atoms with van der Waals surface area (Å²) in [7, 11) is 0. The van der Waals surface area contributed by atoms with E-state index in [1.807, 2.05) is 12.1 Å². The van der Waals surface area contributed by atoms with E-state index in [-0.39, 0.29) is 6.61 Å². The molecular formula is C10H15NO. The fourth-order valence-electron chi connectivity index (χ4n) is 1.09. The average molecular weight is 165 g/mol. The molecule has 0 saturated heterocycles. The normalized spacial score (nSPS) is 10.7. The summed E-state index contributed by atoms with van der Waals surface area (Å²) >= 11 is 0. The number of aliphatic hydroxyl groups is 1. The van der Waals surface area contributed by atoms with Crippen LogP contribution in [0.15, 0.2) is 18.3 Å². The monoisotopic (exact) mass is 165 g/mol. The van der Waals surface area contributed by atoms with E-state index < -0.39 is 0 Å². The van der Waals surface area contributed by atoms with Gasteiger partial charge >= 0.3 is 0 Å².